The summed E-state index contributed by atoms with van der Waals surface area (Å²) in [5.74, 6) is 0. The second-order valence-corrected chi connectivity index (χ2v) is 3.41. The first-order valence-electron chi connectivity index (χ1n) is 4.43. The van der Waals surface area contributed by atoms with Gasteiger partial charge in [0.25, 0.3) is 6.08 Å². The van der Waals surface area contributed by atoms with Crippen molar-refractivity contribution in [2.45, 2.75) is 12.4 Å². The van der Waals surface area contributed by atoms with Crippen molar-refractivity contribution in [1.82, 2.24) is 9.97 Å². The van der Waals surface area contributed by atoms with E-state index < -0.39 is 40.6 Å². The van der Waals surface area contributed by atoms with Crippen LogP contribution in [0.4, 0.5) is 30.7 Å². The Hall–Kier alpha value is -1.80. The molecule has 0 saturated heterocycles. The lowest BCUT2D eigenvalue weighted by molar-refractivity contribution is -0.139. The van der Waals surface area contributed by atoms with Crippen molar-refractivity contribution in [1.29, 1.82) is 0 Å². The number of imidazole rings is 1. The highest BCUT2D eigenvalue weighted by molar-refractivity contribution is 5.82. The molecule has 2 aromatic rings. The molecule has 0 aliphatic heterocycles. The summed E-state index contributed by atoms with van der Waals surface area (Å²) in [6.45, 7) is 0. The van der Waals surface area contributed by atoms with Crippen LogP contribution in [0.1, 0.15) is 11.1 Å². The molecule has 1 aromatic carbocycles. The fourth-order valence-corrected chi connectivity index (χ4v) is 1.53. The number of rotatable bonds is 0. The van der Waals surface area contributed by atoms with E-state index in [0.29, 0.717) is 0 Å². The van der Waals surface area contributed by atoms with Gasteiger partial charge in [-0.25, -0.2) is 4.98 Å². The Balaban J connectivity index is 2.83. The lowest BCUT2D eigenvalue weighted by Gasteiger charge is -2.11. The van der Waals surface area contributed by atoms with Crippen molar-refractivity contribution >= 4 is 11.0 Å². The predicted octanol–water partition coefficient (Wildman–Crippen LogP) is 3.74. The van der Waals surface area contributed by atoms with Crippen molar-refractivity contribution in [2.24, 2.45) is 0 Å². The van der Waals surface area contributed by atoms with Gasteiger partial charge >= 0.3 is 12.4 Å². The molecule has 0 saturated carbocycles. The number of H-pyrrole nitrogens is 1. The highest BCUT2D eigenvalue weighted by Gasteiger charge is 2.39. The Morgan fingerprint density at radius 3 is 1.89 bits per heavy atom. The number of benzene rings is 1. The summed E-state index contributed by atoms with van der Waals surface area (Å²) in [4.78, 5) is 4.36. The monoisotopic (exact) mass is 272 g/mol. The van der Waals surface area contributed by atoms with E-state index in [1.165, 1.54) is 0 Å². The van der Waals surface area contributed by atoms with Crippen LogP contribution >= 0.6 is 0 Å². The van der Waals surface area contributed by atoms with Crippen LogP contribution in [0.25, 0.3) is 11.0 Å². The third-order valence-electron chi connectivity index (χ3n) is 2.23. The number of alkyl halides is 6. The molecule has 2 rings (SSSR count). The third kappa shape index (κ3) is 2.00. The lowest BCUT2D eigenvalue weighted by atomic mass is 10.1. The highest BCUT2D eigenvalue weighted by Crippen LogP contribution is 2.39. The number of nitrogens with zero attached hydrogens (tertiary/aromatic N) is 1. The van der Waals surface area contributed by atoms with E-state index in [9.17, 15) is 30.7 Å². The average molecular weight is 272 g/mol. The standard InChI is InChI=1S/C9H3F7N2/c10-7-17-5-3(8(11,12)13)1-2-4(6(5)18-7)9(14,15)16/h1-2H,(H,17,18). The molecule has 0 fully saturated rings. The van der Waals surface area contributed by atoms with Gasteiger partial charge in [-0.15, -0.1) is 0 Å². The molecule has 0 spiro atoms. The average Bonchev–Trinajstić information content (AvgIpc) is 2.53. The van der Waals surface area contributed by atoms with E-state index in [-0.39, 0.29) is 12.1 Å². The smallest absolute Gasteiger partial charge is 0.313 e. The Bertz CT molecular complexity index is 542. The van der Waals surface area contributed by atoms with Gasteiger partial charge in [0.05, 0.1) is 16.6 Å². The minimum atomic E-state index is -4.91. The molecule has 98 valence electrons. The van der Waals surface area contributed by atoms with Crippen LogP contribution in [-0.4, -0.2) is 9.97 Å². The first-order valence-corrected chi connectivity index (χ1v) is 4.43. The van der Waals surface area contributed by atoms with Gasteiger partial charge in [-0.1, -0.05) is 0 Å². The van der Waals surface area contributed by atoms with Crippen molar-refractivity contribution in [2.75, 3.05) is 0 Å². The fraction of sp³-hybridized carbons (Fsp3) is 0.222. The number of nitrogens with one attached hydrogen (secondary N) is 1. The number of hydrogen-bond donors (Lipinski definition) is 1. The molecule has 9 heteroatoms. The van der Waals surface area contributed by atoms with Crippen LogP contribution in [-0.2, 0) is 12.4 Å². The van der Waals surface area contributed by atoms with Gasteiger partial charge in [-0.3, -0.25) is 0 Å². The number of hydrogen-bond acceptors (Lipinski definition) is 1. The molecular formula is C9H3F7N2. The number of aromatic amines is 1. The van der Waals surface area contributed by atoms with Crippen LogP contribution in [0.15, 0.2) is 12.1 Å². The topological polar surface area (TPSA) is 28.7 Å². The second kappa shape index (κ2) is 3.59. The number of aromatic nitrogens is 2. The van der Waals surface area contributed by atoms with Gasteiger partial charge in [0.2, 0.25) is 0 Å². The molecular weight excluding hydrogens is 269 g/mol. The summed E-state index contributed by atoms with van der Waals surface area (Å²) in [6, 6.07) is 0.466. The summed E-state index contributed by atoms with van der Waals surface area (Å²) in [5, 5.41) is 0. The van der Waals surface area contributed by atoms with E-state index in [1.54, 1.807) is 4.98 Å². The summed E-state index contributed by atoms with van der Waals surface area (Å²) in [6.07, 6.45) is -11.3. The van der Waals surface area contributed by atoms with Gasteiger partial charge < -0.3 is 4.98 Å². The lowest BCUT2D eigenvalue weighted by Crippen LogP contribution is -2.10. The quantitative estimate of drug-likeness (QED) is 0.727. The zero-order valence-electron chi connectivity index (χ0n) is 8.25. The molecule has 1 aromatic heterocycles. The van der Waals surface area contributed by atoms with Crippen molar-refractivity contribution in [3.63, 3.8) is 0 Å². The van der Waals surface area contributed by atoms with Crippen molar-refractivity contribution in [3.05, 3.63) is 29.3 Å². The Morgan fingerprint density at radius 1 is 0.889 bits per heavy atom. The zero-order chi connectivity index (χ0) is 13.7. The molecule has 0 radical (unpaired) electrons. The van der Waals surface area contributed by atoms with Gasteiger partial charge in [0, 0.05) is 0 Å². The maximum Gasteiger partial charge on any atom is 0.418 e. The molecule has 0 unspecified atom stereocenters. The summed E-state index contributed by atoms with van der Waals surface area (Å²) < 4.78 is 87.8. The Labute approximate surface area is 94.4 Å². The van der Waals surface area contributed by atoms with E-state index >= 15 is 0 Å². The predicted molar refractivity (Wildman–Crippen MR) is 46.1 cm³/mol. The molecule has 2 nitrogen and oxygen atoms in total. The maximum absolute atomic E-state index is 12.8. The highest BCUT2D eigenvalue weighted by atomic mass is 19.4. The normalized spacial score (nSPS) is 13.3. The number of fused-ring (bicyclic) bond motifs is 1. The molecule has 1 heterocycles. The van der Waals surface area contributed by atoms with E-state index in [2.05, 4.69) is 4.98 Å². The van der Waals surface area contributed by atoms with Crippen LogP contribution in [0.3, 0.4) is 0 Å². The maximum atomic E-state index is 12.8. The molecule has 0 bridgehead atoms. The minimum Gasteiger partial charge on any atom is -0.313 e. The SMILES string of the molecule is Fc1nc2c(C(F)(F)F)ccc(C(F)(F)F)c2[nH]1. The third-order valence-corrected chi connectivity index (χ3v) is 2.23. The van der Waals surface area contributed by atoms with Crippen LogP contribution in [0.2, 0.25) is 0 Å². The van der Waals surface area contributed by atoms with E-state index in [0.717, 1.165) is 0 Å². The first-order chi connectivity index (χ1) is 8.10. The van der Waals surface area contributed by atoms with Gasteiger partial charge in [0.1, 0.15) is 5.52 Å². The first kappa shape index (κ1) is 12.7. The van der Waals surface area contributed by atoms with Crippen LogP contribution < -0.4 is 0 Å². The molecule has 1 N–H and O–H groups in total. The van der Waals surface area contributed by atoms with Crippen LogP contribution in [0.5, 0.6) is 0 Å². The molecule has 18 heavy (non-hydrogen) atoms. The molecule has 0 atom stereocenters. The largest absolute Gasteiger partial charge is 0.418 e. The van der Waals surface area contributed by atoms with Gasteiger partial charge in [-0.2, -0.15) is 30.7 Å². The molecule has 0 aliphatic carbocycles. The summed E-state index contributed by atoms with van der Waals surface area (Å²) >= 11 is 0. The second-order valence-electron chi connectivity index (χ2n) is 3.41. The fourth-order valence-electron chi connectivity index (χ4n) is 1.53. The molecule has 0 amide bonds. The zero-order valence-corrected chi connectivity index (χ0v) is 8.25. The van der Waals surface area contributed by atoms with Gasteiger partial charge in [0.15, 0.2) is 0 Å². The Kier molecular flexibility index (Phi) is 2.53. The summed E-state index contributed by atoms with van der Waals surface area (Å²) in [5.41, 5.74) is -4.93. The summed E-state index contributed by atoms with van der Waals surface area (Å²) in [7, 11) is 0. The van der Waals surface area contributed by atoms with Crippen LogP contribution in [0, 0.1) is 6.08 Å². The Morgan fingerprint density at radius 2 is 1.39 bits per heavy atom. The minimum absolute atomic E-state index is 0.228. The van der Waals surface area contributed by atoms with E-state index in [4.69, 9.17) is 0 Å². The van der Waals surface area contributed by atoms with Crippen molar-refractivity contribution < 1.29 is 30.7 Å². The van der Waals surface area contributed by atoms with Crippen molar-refractivity contribution in [3.8, 4) is 0 Å². The van der Waals surface area contributed by atoms with E-state index in [1.807, 2.05) is 0 Å². The molecule has 0 aliphatic rings. The number of halogens is 7. The van der Waals surface area contributed by atoms with Gasteiger partial charge in [-0.05, 0) is 12.1 Å².